The molecule has 2 aromatic heterocycles. The molecule has 1 saturated heterocycles. The number of sulfonamides is 1. The fourth-order valence-electron chi connectivity index (χ4n) is 4.35. The first kappa shape index (κ1) is 25.4. The number of benzene rings is 1. The van der Waals surface area contributed by atoms with Gasteiger partial charge in [-0.05, 0) is 37.1 Å². The molecule has 0 atom stereocenters. The second kappa shape index (κ2) is 9.26. The number of methoxy groups -OCH3 is 1. The highest BCUT2D eigenvalue weighted by molar-refractivity contribution is 7.90. The van der Waals surface area contributed by atoms with Crippen molar-refractivity contribution in [2.45, 2.75) is 30.8 Å². The summed E-state index contributed by atoms with van der Waals surface area (Å²) in [6.45, 7) is 0.598. The number of carbonyl (C=O) groups is 1. The summed E-state index contributed by atoms with van der Waals surface area (Å²) >= 11 is 0. The van der Waals surface area contributed by atoms with Gasteiger partial charge in [-0.1, -0.05) is 0 Å². The first-order chi connectivity index (χ1) is 17.5. The van der Waals surface area contributed by atoms with Gasteiger partial charge in [0.15, 0.2) is 11.5 Å². The zero-order valence-electron chi connectivity index (χ0n) is 19.8. The number of nitrogens with two attached hydrogens (primary N) is 1. The zero-order valence-corrected chi connectivity index (χ0v) is 20.6. The molecule has 3 heterocycles. The van der Waals surface area contributed by atoms with Gasteiger partial charge in [0.25, 0.3) is 5.91 Å². The number of fused-ring (bicyclic) bond motifs is 1. The number of hydrogen-bond acceptors (Lipinski definition) is 8. The molecule has 3 aromatic rings. The molecule has 2 N–H and O–H groups in total. The first-order valence-electron chi connectivity index (χ1n) is 11.6. The average molecular weight is 540 g/mol. The lowest BCUT2D eigenvalue weighted by Crippen LogP contribution is -2.51. The molecular formula is C23H24F3N5O5S. The van der Waals surface area contributed by atoms with Gasteiger partial charge in [0.1, 0.15) is 17.0 Å². The van der Waals surface area contributed by atoms with E-state index in [2.05, 4.69) is 9.97 Å². The van der Waals surface area contributed by atoms with Gasteiger partial charge in [-0.2, -0.15) is 17.5 Å². The highest BCUT2D eigenvalue weighted by Gasteiger charge is 2.41. The van der Waals surface area contributed by atoms with Crippen LogP contribution in [0.25, 0.3) is 22.4 Å². The number of oxazole rings is 1. The third-order valence-corrected chi connectivity index (χ3v) is 8.88. The molecule has 10 nitrogen and oxygen atoms in total. The summed E-state index contributed by atoms with van der Waals surface area (Å²) in [6, 6.07) is 5.09. The quantitative estimate of drug-likeness (QED) is 0.506. The SMILES string of the molecule is COc1ccc(-c2nc(C(=O)N3CCN(S(=O)(=O)C4CC4)CC3)c(CN)o2)c2ccc(C(F)(F)F)nc12. The molecular weight excluding hydrogens is 515 g/mol. The smallest absolute Gasteiger partial charge is 0.433 e. The van der Waals surface area contributed by atoms with Crippen LogP contribution in [-0.4, -0.2) is 72.0 Å². The lowest BCUT2D eigenvalue weighted by molar-refractivity contribution is -0.140. The predicted octanol–water partition coefficient (Wildman–Crippen LogP) is 2.63. The fraction of sp³-hybridized carbons (Fsp3) is 0.435. The zero-order chi connectivity index (χ0) is 26.5. The lowest BCUT2D eigenvalue weighted by atomic mass is 10.1. The predicted molar refractivity (Wildman–Crippen MR) is 126 cm³/mol. The maximum atomic E-state index is 13.3. The van der Waals surface area contributed by atoms with Crippen LogP contribution in [-0.2, 0) is 22.7 Å². The number of halogens is 3. The molecule has 0 spiro atoms. The van der Waals surface area contributed by atoms with Crippen molar-refractivity contribution >= 4 is 26.8 Å². The minimum atomic E-state index is -4.65. The van der Waals surface area contributed by atoms with Crippen molar-refractivity contribution in [3.05, 3.63) is 41.4 Å². The van der Waals surface area contributed by atoms with Crippen LogP contribution in [0.1, 0.15) is 34.8 Å². The van der Waals surface area contributed by atoms with Crippen molar-refractivity contribution < 1.29 is 35.5 Å². The van der Waals surface area contributed by atoms with E-state index in [4.69, 9.17) is 14.9 Å². The van der Waals surface area contributed by atoms with Crippen LogP contribution in [0.4, 0.5) is 13.2 Å². The third kappa shape index (κ3) is 4.64. The molecule has 1 aliphatic carbocycles. The maximum Gasteiger partial charge on any atom is 0.433 e. The van der Waals surface area contributed by atoms with Crippen molar-refractivity contribution in [3.8, 4) is 17.2 Å². The largest absolute Gasteiger partial charge is 0.494 e. The van der Waals surface area contributed by atoms with E-state index in [-0.39, 0.29) is 72.0 Å². The number of carbonyl (C=O) groups excluding carboxylic acids is 1. The Kier molecular flexibility index (Phi) is 6.36. The number of pyridine rings is 1. The van der Waals surface area contributed by atoms with Gasteiger partial charge in [0.2, 0.25) is 15.9 Å². The number of amides is 1. The summed E-state index contributed by atoms with van der Waals surface area (Å²) in [7, 11) is -2.01. The minimum absolute atomic E-state index is 0.00652. The molecule has 2 fully saturated rings. The number of alkyl halides is 3. The Hall–Kier alpha value is -3.23. The van der Waals surface area contributed by atoms with Crippen LogP contribution < -0.4 is 10.5 Å². The van der Waals surface area contributed by atoms with Crippen molar-refractivity contribution in [1.82, 2.24) is 19.2 Å². The average Bonchev–Trinajstić information content (AvgIpc) is 3.67. The third-order valence-electron chi connectivity index (χ3n) is 6.48. The summed E-state index contributed by atoms with van der Waals surface area (Å²) in [5.41, 5.74) is 4.97. The minimum Gasteiger partial charge on any atom is -0.494 e. The van der Waals surface area contributed by atoms with Crippen LogP contribution in [0.2, 0.25) is 0 Å². The summed E-state index contributed by atoms with van der Waals surface area (Å²) in [4.78, 5) is 22.8. The van der Waals surface area contributed by atoms with Gasteiger partial charge in [0, 0.05) is 37.1 Å². The molecule has 5 rings (SSSR count). The van der Waals surface area contributed by atoms with E-state index in [1.807, 2.05) is 0 Å². The number of hydrogen-bond donors (Lipinski definition) is 1. The van der Waals surface area contributed by atoms with Gasteiger partial charge in [-0.3, -0.25) is 4.79 Å². The molecule has 0 bridgehead atoms. The van der Waals surface area contributed by atoms with Crippen LogP contribution in [0.15, 0.2) is 28.7 Å². The van der Waals surface area contributed by atoms with Crippen molar-refractivity contribution in [2.75, 3.05) is 33.3 Å². The molecule has 14 heteroatoms. The molecule has 1 saturated carbocycles. The van der Waals surface area contributed by atoms with E-state index in [0.717, 1.165) is 6.07 Å². The molecule has 198 valence electrons. The van der Waals surface area contributed by atoms with E-state index in [1.54, 1.807) is 6.07 Å². The Morgan fingerprint density at radius 1 is 1.14 bits per heavy atom. The fourth-order valence-corrected chi connectivity index (χ4v) is 6.17. The molecule has 1 aliphatic heterocycles. The topological polar surface area (TPSA) is 132 Å². The van der Waals surface area contributed by atoms with E-state index in [0.29, 0.717) is 18.4 Å². The molecule has 1 amide bonds. The Balaban J connectivity index is 1.45. The summed E-state index contributed by atoms with van der Waals surface area (Å²) in [5.74, 6) is -0.232. The molecule has 37 heavy (non-hydrogen) atoms. The van der Waals surface area contributed by atoms with Gasteiger partial charge in [-0.25, -0.2) is 18.4 Å². The highest BCUT2D eigenvalue weighted by Crippen LogP contribution is 2.37. The maximum absolute atomic E-state index is 13.3. The molecule has 1 aromatic carbocycles. The number of nitrogens with zero attached hydrogens (tertiary/aromatic N) is 4. The summed E-state index contributed by atoms with van der Waals surface area (Å²) in [5, 5.41) is -0.0345. The number of rotatable bonds is 6. The molecule has 0 unspecified atom stereocenters. The Labute approximate surface area is 210 Å². The second-order valence-corrected chi connectivity index (χ2v) is 11.0. The van der Waals surface area contributed by atoms with Crippen molar-refractivity contribution in [3.63, 3.8) is 0 Å². The van der Waals surface area contributed by atoms with Crippen LogP contribution in [0, 0.1) is 0 Å². The van der Waals surface area contributed by atoms with Crippen molar-refractivity contribution in [2.24, 2.45) is 5.73 Å². The van der Waals surface area contributed by atoms with Gasteiger partial charge in [-0.15, -0.1) is 0 Å². The summed E-state index contributed by atoms with van der Waals surface area (Å²) < 4.78 is 77.1. The van der Waals surface area contributed by atoms with Gasteiger partial charge < -0.3 is 19.8 Å². The standard InChI is InChI=1S/C23H24F3N5O5S/c1-35-16-6-4-15(14-5-7-18(23(24,25)26)28-19(14)16)21-29-20(17(12-27)36-21)22(32)30-8-10-31(11-9-30)37(33,34)13-2-3-13/h4-7,13H,2-3,8-12,27H2,1H3. The van der Waals surface area contributed by atoms with Gasteiger partial charge in [0.05, 0.1) is 18.9 Å². The lowest BCUT2D eigenvalue weighted by Gasteiger charge is -2.33. The second-order valence-electron chi connectivity index (χ2n) is 8.84. The first-order valence-corrected chi connectivity index (χ1v) is 13.1. The Morgan fingerprint density at radius 2 is 1.84 bits per heavy atom. The van der Waals surface area contributed by atoms with Crippen molar-refractivity contribution in [1.29, 1.82) is 0 Å². The number of aromatic nitrogens is 2. The van der Waals surface area contributed by atoms with E-state index < -0.39 is 27.8 Å². The van der Waals surface area contributed by atoms with E-state index in [9.17, 15) is 26.4 Å². The van der Waals surface area contributed by atoms with Crippen LogP contribution in [0.5, 0.6) is 5.75 Å². The Morgan fingerprint density at radius 3 is 2.43 bits per heavy atom. The number of piperazine rings is 1. The normalized spacial score (nSPS) is 17.4. The number of ether oxygens (including phenoxy) is 1. The monoisotopic (exact) mass is 539 g/mol. The van der Waals surface area contributed by atoms with E-state index in [1.165, 1.54) is 28.4 Å². The van der Waals surface area contributed by atoms with Crippen LogP contribution >= 0.6 is 0 Å². The molecule has 0 radical (unpaired) electrons. The van der Waals surface area contributed by atoms with E-state index >= 15 is 0 Å². The molecule has 2 aliphatic rings. The van der Waals surface area contributed by atoms with Crippen LogP contribution in [0.3, 0.4) is 0 Å². The Bertz CT molecular complexity index is 1460. The highest BCUT2D eigenvalue weighted by atomic mass is 32.2. The van der Waals surface area contributed by atoms with Gasteiger partial charge >= 0.3 is 6.18 Å². The summed E-state index contributed by atoms with van der Waals surface area (Å²) in [6.07, 6.45) is -3.32.